The van der Waals surface area contributed by atoms with Crippen LogP contribution in [-0.2, 0) is 31.1 Å². The van der Waals surface area contributed by atoms with Gasteiger partial charge in [-0.15, -0.1) is 5.92 Å². The molecule has 10 nitrogen and oxygen atoms in total. The number of aryl methyl sites for hydroxylation is 1. The standard InChI is InChI=1S/C30H35F3N6O4/c1-6-7-17-38-23-24(35-26(38)37-16-11-14-21(19-37)34-27(41)43-29(2,3)4)36(5)28(42)39(25(23)40)18-10-13-20-12-8-9-15-22(20)30(31,32)33/h8-10,12-13,15,21H,11,14,16-19H2,1-5H3,(H,34,41)/b13-10+/t21-/m1/s1. The summed E-state index contributed by atoms with van der Waals surface area (Å²) in [6, 6.07) is 4.83. The Bertz CT molecular complexity index is 1720. The summed E-state index contributed by atoms with van der Waals surface area (Å²) >= 11 is 0. The van der Waals surface area contributed by atoms with Gasteiger partial charge in [-0.2, -0.15) is 18.2 Å². The van der Waals surface area contributed by atoms with Crippen molar-refractivity contribution in [3.63, 3.8) is 0 Å². The van der Waals surface area contributed by atoms with Crippen LogP contribution in [0.15, 0.2) is 39.9 Å². The highest BCUT2D eigenvalue weighted by Crippen LogP contribution is 2.32. The van der Waals surface area contributed by atoms with Gasteiger partial charge in [-0.25, -0.2) is 9.59 Å². The van der Waals surface area contributed by atoms with Crippen LogP contribution in [0.25, 0.3) is 17.2 Å². The third-order valence-corrected chi connectivity index (χ3v) is 6.90. The van der Waals surface area contributed by atoms with E-state index in [-0.39, 0.29) is 35.9 Å². The van der Waals surface area contributed by atoms with E-state index in [9.17, 15) is 27.6 Å². The molecule has 1 saturated heterocycles. The monoisotopic (exact) mass is 600 g/mol. The van der Waals surface area contributed by atoms with Gasteiger partial charge < -0.3 is 15.0 Å². The van der Waals surface area contributed by atoms with E-state index in [1.54, 1.807) is 32.3 Å². The third-order valence-electron chi connectivity index (χ3n) is 6.90. The number of rotatable bonds is 6. The molecule has 1 atom stereocenters. The first-order valence-corrected chi connectivity index (χ1v) is 13.9. The first-order chi connectivity index (χ1) is 20.2. The number of amides is 1. The summed E-state index contributed by atoms with van der Waals surface area (Å²) in [7, 11) is 1.49. The Balaban J connectivity index is 1.71. The molecular formula is C30H35F3N6O4. The minimum Gasteiger partial charge on any atom is -0.444 e. The number of alkyl carbamates (subject to hydrolysis) is 1. The SMILES string of the molecule is CC#CCn1c(N2CCC[C@@H](NC(=O)OC(C)(C)C)C2)nc2c1c(=O)n(C/C=C/c1ccccc1C(F)(F)F)c(=O)n2C. The molecule has 0 aliphatic carbocycles. The largest absolute Gasteiger partial charge is 0.444 e. The summed E-state index contributed by atoms with van der Waals surface area (Å²) in [6.07, 6.45) is -1.02. The molecule has 43 heavy (non-hydrogen) atoms. The Morgan fingerprint density at radius 1 is 1.19 bits per heavy atom. The Morgan fingerprint density at radius 3 is 2.58 bits per heavy atom. The van der Waals surface area contributed by atoms with Crippen molar-refractivity contribution in [3.8, 4) is 11.8 Å². The van der Waals surface area contributed by atoms with Crippen LogP contribution in [0.4, 0.5) is 23.9 Å². The summed E-state index contributed by atoms with van der Waals surface area (Å²) in [4.78, 5) is 46.0. The van der Waals surface area contributed by atoms with Crippen LogP contribution < -0.4 is 21.5 Å². The smallest absolute Gasteiger partial charge is 0.416 e. The summed E-state index contributed by atoms with van der Waals surface area (Å²) in [5.74, 6) is 6.20. The lowest BCUT2D eigenvalue weighted by atomic mass is 10.1. The highest BCUT2D eigenvalue weighted by atomic mass is 19.4. The van der Waals surface area contributed by atoms with Crippen molar-refractivity contribution in [1.29, 1.82) is 0 Å². The molecule has 1 aliphatic rings. The second-order valence-electron chi connectivity index (χ2n) is 11.3. The summed E-state index contributed by atoms with van der Waals surface area (Å²) in [5, 5.41) is 2.90. The molecule has 1 N–H and O–H groups in total. The van der Waals surface area contributed by atoms with E-state index in [2.05, 4.69) is 22.1 Å². The minimum absolute atomic E-state index is 0.0776. The fourth-order valence-electron chi connectivity index (χ4n) is 5.01. The van der Waals surface area contributed by atoms with Crippen molar-refractivity contribution in [1.82, 2.24) is 24.0 Å². The number of imidazole rings is 1. The number of hydrogen-bond donors (Lipinski definition) is 1. The molecule has 3 aromatic rings. The Labute approximate surface area is 246 Å². The lowest BCUT2D eigenvalue weighted by molar-refractivity contribution is -0.137. The van der Waals surface area contributed by atoms with E-state index < -0.39 is 34.7 Å². The average Bonchev–Trinajstić information content (AvgIpc) is 3.31. The number of carbonyl (C=O) groups is 1. The molecule has 3 heterocycles. The maximum absolute atomic E-state index is 13.7. The molecular weight excluding hydrogens is 565 g/mol. The topological polar surface area (TPSA) is 103 Å². The van der Waals surface area contributed by atoms with Gasteiger partial charge in [-0.1, -0.05) is 36.3 Å². The average molecular weight is 601 g/mol. The van der Waals surface area contributed by atoms with E-state index in [4.69, 9.17) is 4.74 Å². The molecule has 0 radical (unpaired) electrons. The zero-order valence-corrected chi connectivity index (χ0v) is 24.8. The molecule has 0 spiro atoms. The number of carbonyl (C=O) groups excluding carboxylic acids is 1. The van der Waals surface area contributed by atoms with Crippen molar-refractivity contribution in [2.45, 2.75) is 71.4 Å². The maximum atomic E-state index is 13.7. The maximum Gasteiger partial charge on any atom is 0.416 e. The molecule has 4 rings (SSSR count). The minimum atomic E-state index is -4.55. The van der Waals surface area contributed by atoms with Crippen molar-refractivity contribution in [2.75, 3.05) is 18.0 Å². The Hall–Kier alpha value is -4.47. The quantitative estimate of drug-likeness (QED) is 0.427. The fraction of sp³-hybridized carbons (Fsp3) is 0.467. The lowest BCUT2D eigenvalue weighted by Crippen LogP contribution is -2.49. The van der Waals surface area contributed by atoms with Crippen LogP contribution in [0.1, 0.15) is 51.7 Å². The summed E-state index contributed by atoms with van der Waals surface area (Å²) in [5.41, 5.74) is -2.53. The number of nitrogens with zero attached hydrogens (tertiary/aromatic N) is 5. The van der Waals surface area contributed by atoms with Gasteiger partial charge >= 0.3 is 18.0 Å². The first kappa shape index (κ1) is 31.5. The van der Waals surface area contributed by atoms with Gasteiger partial charge in [0.05, 0.1) is 12.1 Å². The molecule has 1 aliphatic heterocycles. The summed E-state index contributed by atoms with van der Waals surface area (Å²) < 4.78 is 49.5. The van der Waals surface area contributed by atoms with Crippen LogP contribution in [0.3, 0.4) is 0 Å². The molecule has 1 amide bonds. The van der Waals surface area contributed by atoms with Gasteiger partial charge in [0.2, 0.25) is 5.95 Å². The van der Waals surface area contributed by atoms with Crippen molar-refractivity contribution in [3.05, 3.63) is 62.3 Å². The van der Waals surface area contributed by atoms with Crippen LogP contribution in [0, 0.1) is 11.8 Å². The van der Waals surface area contributed by atoms with E-state index in [0.29, 0.717) is 19.0 Å². The van der Waals surface area contributed by atoms with Crippen molar-refractivity contribution >= 4 is 29.3 Å². The first-order valence-electron chi connectivity index (χ1n) is 13.9. The number of allylic oxidation sites excluding steroid dienone is 1. The molecule has 1 fully saturated rings. The highest BCUT2D eigenvalue weighted by Gasteiger charge is 2.32. The van der Waals surface area contributed by atoms with Gasteiger partial charge in [-0.05, 0) is 52.2 Å². The number of nitrogens with one attached hydrogen (secondary N) is 1. The Kier molecular flexibility index (Phi) is 9.08. The number of alkyl halides is 3. The number of hydrogen-bond acceptors (Lipinski definition) is 6. The van der Waals surface area contributed by atoms with Crippen LogP contribution in [0.2, 0.25) is 0 Å². The normalized spacial score (nSPS) is 15.9. The van der Waals surface area contributed by atoms with Gasteiger partial charge in [-0.3, -0.25) is 18.5 Å². The van der Waals surface area contributed by atoms with Crippen LogP contribution >= 0.6 is 0 Å². The number of anilines is 1. The number of halogens is 3. The highest BCUT2D eigenvalue weighted by molar-refractivity contribution is 5.75. The molecule has 2 aromatic heterocycles. The number of piperidine rings is 1. The number of ether oxygens (including phenoxy) is 1. The molecule has 230 valence electrons. The molecule has 1 aromatic carbocycles. The lowest BCUT2D eigenvalue weighted by Gasteiger charge is -2.34. The predicted octanol–water partition coefficient (Wildman–Crippen LogP) is 4.15. The van der Waals surface area contributed by atoms with E-state index in [0.717, 1.165) is 23.5 Å². The zero-order valence-electron chi connectivity index (χ0n) is 24.8. The summed E-state index contributed by atoms with van der Waals surface area (Å²) in [6.45, 7) is 7.87. The Morgan fingerprint density at radius 2 is 1.91 bits per heavy atom. The van der Waals surface area contributed by atoms with Gasteiger partial charge in [0.1, 0.15) is 5.60 Å². The third kappa shape index (κ3) is 7.13. The van der Waals surface area contributed by atoms with Gasteiger partial charge in [0, 0.05) is 32.7 Å². The predicted molar refractivity (Wildman–Crippen MR) is 158 cm³/mol. The van der Waals surface area contributed by atoms with Crippen LogP contribution in [0.5, 0.6) is 0 Å². The van der Waals surface area contributed by atoms with Crippen molar-refractivity contribution in [2.24, 2.45) is 7.05 Å². The number of benzene rings is 1. The van der Waals surface area contributed by atoms with Gasteiger partial charge in [0.25, 0.3) is 5.56 Å². The molecule has 0 unspecified atom stereocenters. The molecule has 13 heteroatoms. The van der Waals surface area contributed by atoms with E-state index in [1.807, 2.05) is 4.90 Å². The number of aromatic nitrogens is 4. The fourth-order valence-corrected chi connectivity index (χ4v) is 5.01. The zero-order chi connectivity index (χ0) is 31.5. The van der Waals surface area contributed by atoms with Crippen molar-refractivity contribution < 1.29 is 22.7 Å². The number of fused-ring (bicyclic) bond motifs is 1. The van der Waals surface area contributed by atoms with Gasteiger partial charge in [0.15, 0.2) is 11.2 Å². The molecule has 0 bridgehead atoms. The van der Waals surface area contributed by atoms with Crippen LogP contribution in [-0.4, -0.2) is 49.5 Å². The second-order valence-corrected chi connectivity index (χ2v) is 11.3. The molecule has 0 saturated carbocycles. The van der Waals surface area contributed by atoms with E-state index in [1.165, 1.54) is 42.0 Å². The van der Waals surface area contributed by atoms with E-state index >= 15 is 0 Å². The second kappa shape index (κ2) is 12.4.